The van der Waals surface area contributed by atoms with Crippen LogP contribution in [0.2, 0.25) is 0 Å². The van der Waals surface area contributed by atoms with Crippen molar-refractivity contribution < 1.29 is 13.2 Å². The van der Waals surface area contributed by atoms with Gasteiger partial charge in [-0.1, -0.05) is 50.8 Å². The molecule has 0 atom stereocenters. The molecular formula is C23H24F3N. The summed E-state index contributed by atoms with van der Waals surface area (Å²) in [7, 11) is 0. The molecule has 27 heavy (non-hydrogen) atoms. The molecule has 1 heterocycles. The molecule has 1 aliphatic heterocycles. The minimum absolute atomic E-state index is 0.244. The Balaban J connectivity index is 0.00000126. The lowest BCUT2D eigenvalue weighted by molar-refractivity contribution is 0.497. The van der Waals surface area contributed by atoms with Crippen molar-refractivity contribution in [3.8, 4) is 0 Å². The van der Waals surface area contributed by atoms with Gasteiger partial charge in [-0.15, -0.1) is 0 Å². The summed E-state index contributed by atoms with van der Waals surface area (Å²) in [5, 5.41) is 0. The quantitative estimate of drug-likeness (QED) is 0.574. The van der Waals surface area contributed by atoms with Crippen LogP contribution < -0.4 is 0 Å². The van der Waals surface area contributed by atoms with Crippen molar-refractivity contribution in [2.45, 2.75) is 27.7 Å². The fourth-order valence-electron chi connectivity index (χ4n) is 3.09. The average molecular weight is 371 g/mol. The van der Waals surface area contributed by atoms with Gasteiger partial charge in [0.15, 0.2) is 0 Å². The standard InChI is InChI=1S/C21H18F3N.C2H6/c1-4-25-14(3)13(2)10-17(15-8-6-5-7-9-15)21(25)20-18(23)11-16(22)12-19(20)24;1-2/h5-12H,3-4H2,1-2H3;1-2H3. The Bertz CT molecular complexity index is 872. The third-order valence-corrected chi connectivity index (χ3v) is 4.31. The summed E-state index contributed by atoms with van der Waals surface area (Å²) >= 11 is 0. The summed E-state index contributed by atoms with van der Waals surface area (Å²) in [6.07, 6.45) is 1.86. The zero-order valence-corrected chi connectivity index (χ0v) is 16.1. The number of benzene rings is 2. The Morgan fingerprint density at radius 1 is 0.963 bits per heavy atom. The van der Waals surface area contributed by atoms with E-state index in [1.165, 1.54) is 0 Å². The van der Waals surface area contributed by atoms with Crippen LogP contribution in [0.5, 0.6) is 0 Å². The molecule has 1 nitrogen and oxygen atoms in total. The zero-order valence-electron chi connectivity index (χ0n) is 16.1. The van der Waals surface area contributed by atoms with E-state index in [2.05, 4.69) is 6.58 Å². The third kappa shape index (κ3) is 4.00. The lowest BCUT2D eigenvalue weighted by atomic mass is 9.91. The monoisotopic (exact) mass is 371 g/mol. The second-order valence-electron chi connectivity index (χ2n) is 5.89. The minimum Gasteiger partial charge on any atom is -0.341 e. The SMILES string of the molecule is C=C1C(C)=CC(c2ccccc2)=C(c2c(F)cc(F)cc2F)N1CC.CC. The van der Waals surface area contributed by atoms with E-state index in [4.69, 9.17) is 0 Å². The lowest BCUT2D eigenvalue weighted by Gasteiger charge is -2.34. The van der Waals surface area contributed by atoms with Crippen LogP contribution >= 0.6 is 0 Å². The Kier molecular flexibility index (Phi) is 6.67. The molecule has 0 radical (unpaired) electrons. The summed E-state index contributed by atoms with van der Waals surface area (Å²) in [6, 6.07) is 10.8. The van der Waals surface area contributed by atoms with E-state index in [1.807, 2.05) is 64.1 Å². The molecule has 0 bridgehead atoms. The van der Waals surface area contributed by atoms with Crippen molar-refractivity contribution in [3.63, 3.8) is 0 Å². The molecule has 0 N–H and O–H groups in total. The van der Waals surface area contributed by atoms with Gasteiger partial charge in [0.05, 0.1) is 11.3 Å². The fraction of sp³-hybridized carbons (Fsp3) is 0.217. The van der Waals surface area contributed by atoms with Crippen molar-refractivity contribution in [2.24, 2.45) is 0 Å². The van der Waals surface area contributed by atoms with Gasteiger partial charge in [-0.3, -0.25) is 0 Å². The molecule has 0 saturated heterocycles. The molecule has 2 aromatic rings. The molecule has 142 valence electrons. The van der Waals surface area contributed by atoms with E-state index in [0.29, 0.717) is 35.6 Å². The highest BCUT2D eigenvalue weighted by Crippen LogP contribution is 2.40. The molecule has 0 aromatic heterocycles. The fourth-order valence-corrected chi connectivity index (χ4v) is 3.09. The van der Waals surface area contributed by atoms with Crippen molar-refractivity contribution in [2.75, 3.05) is 6.54 Å². The number of hydrogen-bond donors (Lipinski definition) is 0. The molecule has 3 rings (SSSR count). The molecule has 0 spiro atoms. The molecule has 2 aromatic carbocycles. The van der Waals surface area contributed by atoms with E-state index in [1.54, 1.807) is 4.90 Å². The van der Waals surface area contributed by atoms with Gasteiger partial charge in [-0.25, -0.2) is 13.2 Å². The van der Waals surface area contributed by atoms with Crippen molar-refractivity contribution in [1.29, 1.82) is 0 Å². The number of halogens is 3. The first-order valence-electron chi connectivity index (χ1n) is 9.03. The average Bonchev–Trinajstić information content (AvgIpc) is 2.66. The molecular weight excluding hydrogens is 347 g/mol. The van der Waals surface area contributed by atoms with Gasteiger partial charge >= 0.3 is 0 Å². The third-order valence-electron chi connectivity index (χ3n) is 4.31. The first kappa shape index (κ1) is 20.6. The maximum atomic E-state index is 14.5. The Hall–Kier alpha value is -2.75. The van der Waals surface area contributed by atoms with E-state index in [0.717, 1.165) is 11.1 Å². The first-order valence-corrected chi connectivity index (χ1v) is 9.03. The van der Waals surface area contributed by atoms with E-state index < -0.39 is 17.5 Å². The van der Waals surface area contributed by atoms with Gasteiger partial charge in [0, 0.05) is 29.9 Å². The molecule has 1 aliphatic rings. The van der Waals surface area contributed by atoms with Crippen LogP contribution in [0.4, 0.5) is 13.2 Å². The van der Waals surface area contributed by atoms with Crippen molar-refractivity contribution >= 4 is 11.3 Å². The number of rotatable bonds is 3. The second kappa shape index (κ2) is 8.76. The molecule has 4 heteroatoms. The van der Waals surface area contributed by atoms with Gasteiger partial charge in [-0.05, 0) is 31.1 Å². The summed E-state index contributed by atoms with van der Waals surface area (Å²) in [5.41, 5.74) is 3.20. The number of nitrogens with zero attached hydrogens (tertiary/aromatic N) is 1. The van der Waals surface area contributed by atoms with Crippen molar-refractivity contribution in [1.82, 2.24) is 4.90 Å². The maximum absolute atomic E-state index is 14.5. The van der Waals surface area contributed by atoms with E-state index in [-0.39, 0.29) is 5.56 Å². The summed E-state index contributed by atoms with van der Waals surface area (Å²) in [5.74, 6) is -2.80. The zero-order chi connectivity index (χ0) is 20.1. The molecule has 0 amide bonds. The second-order valence-corrected chi connectivity index (χ2v) is 5.89. The van der Waals surface area contributed by atoms with E-state index >= 15 is 0 Å². The van der Waals surface area contributed by atoms with Gasteiger partial charge in [0.1, 0.15) is 17.5 Å². The Labute approximate surface area is 159 Å². The van der Waals surface area contributed by atoms with E-state index in [9.17, 15) is 13.2 Å². The highest BCUT2D eigenvalue weighted by molar-refractivity contribution is 5.97. The van der Waals surface area contributed by atoms with Gasteiger partial charge in [0.2, 0.25) is 0 Å². The Morgan fingerprint density at radius 3 is 2.04 bits per heavy atom. The molecule has 0 saturated carbocycles. The predicted molar refractivity (Wildman–Crippen MR) is 106 cm³/mol. The highest BCUT2D eigenvalue weighted by atomic mass is 19.1. The van der Waals surface area contributed by atoms with Crippen LogP contribution in [0.3, 0.4) is 0 Å². The van der Waals surface area contributed by atoms with Crippen LogP contribution in [0, 0.1) is 17.5 Å². The topological polar surface area (TPSA) is 3.24 Å². The normalized spacial score (nSPS) is 14.0. The van der Waals surface area contributed by atoms with Crippen LogP contribution in [0.25, 0.3) is 11.3 Å². The largest absolute Gasteiger partial charge is 0.341 e. The number of allylic oxidation sites excluding steroid dienone is 3. The van der Waals surface area contributed by atoms with Crippen LogP contribution in [0.15, 0.2) is 66.4 Å². The van der Waals surface area contributed by atoms with Gasteiger partial charge in [0.25, 0.3) is 0 Å². The summed E-state index contributed by atoms with van der Waals surface area (Å²) < 4.78 is 42.4. The number of hydrogen-bond acceptors (Lipinski definition) is 1. The van der Waals surface area contributed by atoms with Crippen LogP contribution in [-0.2, 0) is 0 Å². The summed E-state index contributed by atoms with van der Waals surface area (Å²) in [4.78, 5) is 1.76. The molecule has 0 fully saturated rings. The Morgan fingerprint density at radius 2 is 1.52 bits per heavy atom. The van der Waals surface area contributed by atoms with Crippen LogP contribution in [0.1, 0.15) is 38.8 Å². The first-order chi connectivity index (χ1) is 12.9. The predicted octanol–water partition coefficient (Wildman–Crippen LogP) is 6.79. The number of likely N-dealkylation sites (N-methyl/N-ethyl adjacent to an activating group) is 1. The lowest BCUT2D eigenvalue weighted by Crippen LogP contribution is -2.26. The van der Waals surface area contributed by atoms with Crippen molar-refractivity contribution in [3.05, 3.63) is 95.0 Å². The highest BCUT2D eigenvalue weighted by Gasteiger charge is 2.28. The smallest absolute Gasteiger partial charge is 0.138 e. The summed E-state index contributed by atoms with van der Waals surface area (Å²) in [6.45, 7) is 12.3. The minimum atomic E-state index is -0.940. The molecule has 0 unspecified atom stereocenters. The maximum Gasteiger partial charge on any atom is 0.138 e. The van der Waals surface area contributed by atoms with Gasteiger partial charge < -0.3 is 4.90 Å². The molecule has 0 aliphatic carbocycles. The van der Waals surface area contributed by atoms with Crippen LogP contribution in [-0.4, -0.2) is 11.4 Å². The van der Waals surface area contributed by atoms with Gasteiger partial charge in [-0.2, -0.15) is 0 Å².